The molecule has 0 saturated heterocycles. The van der Waals surface area contributed by atoms with Gasteiger partial charge in [0.15, 0.2) is 0 Å². The molecule has 0 heterocycles. The zero-order chi connectivity index (χ0) is 16.2. The van der Waals surface area contributed by atoms with Crippen molar-refractivity contribution in [1.82, 2.24) is 10.2 Å². The number of aryl methyl sites for hydroxylation is 1. The van der Waals surface area contributed by atoms with Crippen LogP contribution in [-0.4, -0.2) is 45.1 Å². The lowest BCUT2D eigenvalue weighted by atomic mass is 9.84. The lowest BCUT2D eigenvalue weighted by molar-refractivity contribution is 0.0947. The quantitative estimate of drug-likeness (QED) is 0.907. The second kappa shape index (κ2) is 6.94. The van der Waals surface area contributed by atoms with Gasteiger partial charge in [0.1, 0.15) is 5.75 Å². The van der Waals surface area contributed by atoms with Gasteiger partial charge in [-0.3, -0.25) is 4.79 Å². The van der Waals surface area contributed by atoms with Crippen molar-refractivity contribution in [2.45, 2.75) is 33.1 Å². The molecule has 4 heteroatoms. The molecular formula is C17H28N2O2. The lowest BCUT2D eigenvalue weighted by Gasteiger charge is -2.24. The highest BCUT2D eigenvalue weighted by Gasteiger charge is 2.24. The van der Waals surface area contributed by atoms with Gasteiger partial charge in [-0.25, -0.2) is 0 Å². The third-order valence-electron chi connectivity index (χ3n) is 3.33. The Bertz CT molecular complexity index is 502. The van der Waals surface area contributed by atoms with Crippen LogP contribution >= 0.6 is 0 Å². The third kappa shape index (κ3) is 4.74. The minimum Gasteiger partial charge on any atom is -0.496 e. The van der Waals surface area contributed by atoms with Crippen molar-refractivity contribution >= 4 is 5.91 Å². The fourth-order valence-corrected chi connectivity index (χ4v) is 2.21. The first kappa shape index (κ1) is 17.5. The maximum absolute atomic E-state index is 12.4. The number of amides is 1. The van der Waals surface area contributed by atoms with Gasteiger partial charge in [0, 0.05) is 18.7 Å². The van der Waals surface area contributed by atoms with E-state index in [0.29, 0.717) is 17.9 Å². The number of methoxy groups -OCH3 is 1. The van der Waals surface area contributed by atoms with Gasteiger partial charge in [-0.15, -0.1) is 0 Å². The van der Waals surface area contributed by atoms with E-state index in [9.17, 15) is 4.79 Å². The number of benzene rings is 1. The smallest absolute Gasteiger partial charge is 0.255 e. The summed E-state index contributed by atoms with van der Waals surface area (Å²) in [6.07, 6.45) is 0. The molecule has 0 aliphatic carbocycles. The van der Waals surface area contributed by atoms with Crippen LogP contribution in [0, 0.1) is 6.92 Å². The Kier molecular flexibility index (Phi) is 5.78. The van der Waals surface area contributed by atoms with Gasteiger partial charge in [-0.05, 0) is 38.1 Å². The van der Waals surface area contributed by atoms with Crippen LogP contribution in [0.2, 0.25) is 0 Å². The number of nitrogens with one attached hydrogen (secondary N) is 1. The van der Waals surface area contributed by atoms with E-state index in [1.165, 1.54) is 0 Å². The average molecular weight is 292 g/mol. The van der Waals surface area contributed by atoms with Gasteiger partial charge in [0.2, 0.25) is 0 Å². The molecule has 0 saturated carbocycles. The summed E-state index contributed by atoms with van der Waals surface area (Å²) >= 11 is 0. The molecule has 0 spiro atoms. The predicted octanol–water partition coefficient (Wildman–Crippen LogP) is 2.59. The Morgan fingerprint density at radius 3 is 2.38 bits per heavy atom. The Hall–Kier alpha value is -1.55. The minimum absolute atomic E-state index is 0.0734. The normalized spacial score (nSPS) is 11.6. The first-order valence-corrected chi connectivity index (χ1v) is 7.29. The summed E-state index contributed by atoms with van der Waals surface area (Å²) in [5.41, 5.74) is 2.66. The Morgan fingerprint density at radius 1 is 1.29 bits per heavy atom. The van der Waals surface area contributed by atoms with Crippen molar-refractivity contribution in [1.29, 1.82) is 0 Å². The molecule has 0 aliphatic heterocycles. The van der Waals surface area contributed by atoms with Crippen LogP contribution in [0.4, 0.5) is 0 Å². The van der Waals surface area contributed by atoms with Crippen LogP contribution < -0.4 is 10.1 Å². The van der Waals surface area contributed by atoms with Crippen LogP contribution in [-0.2, 0) is 5.41 Å². The first-order chi connectivity index (χ1) is 9.66. The minimum atomic E-state index is -0.0806. The van der Waals surface area contributed by atoms with Crippen LogP contribution in [0.15, 0.2) is 12.1 Å². The monoisotopic (exact) mass is 292 g/mol. The van der Waals surface area contributed by atoms with Crippen LogP contribution in [0.5, 0.6) is 5.75 Å². The maximum Gasteiger partial charge on any atom is 0.255 e. The number of ether oxygens (including phenoxy) is 1. The molecule has 0 aliphatic rings. The van der Waals surface area contributed by atoms with Gasteiger partial charge in [0.05, 0.1) is 12.7 Å². The van der Waals surface area contributed by atoms with Crippen molar-refractivity contribution in [3.8, 4) is 5.75 Å². The standard InChI is InChI=1S/C17H28N2O2/c1-12-10-13(16(20)18-8-9-19(5)6)15(21-7)14(11-12)17(2,3)4/h10-11H,8-9H2,1-7H3,(H,18,20). The summed E-state index contributed by atoms with van der Waals surface area (Å²) in [5, 5.41) is 2.95. The lowest BCUT2D eigenvalue weighted by Crippen LogP contribution is -2.32. The second-order valence-corrected chi connectivity index (χ2v) is 6.70. The van der Waals surface area contributed by atoms with E-state index >= 15 is 0 Å². The summed E-state index contributed by atoms with van der Waals surface area (Å²) in [5.74, 6) is 0.596. The molecule has 0 atom stereocenters. The van der Waals surface area contributed by atoms with E-state index in [-0.39, 0.29) is 11.3 Å². The number of hydrogen-bond acceptors (Lipinski definition) is 3. The van der Waals surface area contributed by atoms with E-state index in [1.54, 1.807) is 7.11 Å². The SMILES string of the molecule is COc1c(C(=O)NCCN(C)C)cc(C)cc1C(C)(C)C. The molecule has 1 aromatic carbocycles. The number of likely N-dealkylation sites (N-methyl/N-ethyl adjacent to an activating group) is 1. The van der Waals surface area contributed by atoms with Crippen LogP contribution in [0.25, 0.3) is 0 Å². The van der Waals surface area contributed by atoms with Gasteiger partial charge < -0.3 is 15.0 Å². The summed E-state index contributed by atoms with van der Waals surface area (Å²) in [7, 11) is 5.59. The fourth-order valence-electron chi connectivity index (χ4n) is 2.21. The molecule has 0 bridgehead atoms. The molecule has 0 aromatic heterocycles. The molecule has 0 unspecified atom stereocenters. The van der Waals surface area contributed by atoms with Crippen LogP contribution in [0.3, 0.4) is 0 Å². The van der Waals surface area contributed by atoms with Crippen molar-refractivity contribution in [2.24, 2.45) is 0 Å². The highest BCUT2D eigenvalue weighted by molar-refractivity contribution is 5.97. The van der Waals surface area contributed by atoms with E-state index in [1.807, 2.05) is 32.0 Å². The number of hydrogen-bond donors (Lipinski definition) is 1. The van der Waals surface area contributed by atoms with E-state index in [2.05, 4.69) is 32.2 Å². The zero-order valence-electron chi connectivity index (χ0n) is 14.3. The Morgan fingerprint density at radius 2 is 1.90 bits per heavy atom. The molecule has 1 N–H and O–H groups in total. The van der Waals surface area contributed by atoms with Gasteiger partial charge in [-0.1, -0.05) is 26.8 Å². The molecule has 4 nitrogen and oxygen atoms in total. The number of nitrogens with zero attached hydrogens (tertiary/aromatic N) is 1. The largest absolute Gasteiger partial charge is 0.496 e. The topological polar surface area (TPSA) is 41.6 Å². The molecule has 1 rings (SSSR count). The molecule has 1 aromatic rings. The van der Waals surface area contributed by atoms with E-state index in [0.717, 1.165) is 17.7 Å². The van der Waals surface area contributed by atoms with E-state index < -0.39 is 0 Å². The summed E-state index contributed by atoms with van der Waals surface area (Å²) < 4.78 is 5.54. The maximum atomic E-state index is 12.4. The fraction of sp³-hybridized carbons (Fsp3) is 0.588. The molecule has 1 amide bonds. The molecule has 0 radical (unpaired) electrons. The first-order valence-electron chi connectivity index (χ1n) is 7.29. The van der Waals surface area contributed by atoms with Crippen molar-refractivity contribution in [2.75, 3.05) is 34.3 Å². The predicted molar refractivity (Wildman–Crippen MR) is 87.3 cm³/mol. The second-order valence-electron chi connectivity index (χ2n) is 6.70. The Labute approximate surface area is 128 Å². The average Bonchev–Trinajstić information content (AvgIpc) is 2.36. The van der Waals surface area contributed by atoms with Gasteiger partial charge in [-0.2, -0.15) is 0 Å². The van der Waals surface area contributed by atoms with Gasteiger partial charge in [0.25, 0.3) is 5.91 Å². The van der Waals surface area contributed by atoms with E-state index in [4.69, 9.17) is 4.74 Å². The zero-order valence-corrected chi connectivity index (χ0v) is 14.3. The van der Waals surface area contributed by atoms with Crippen LogP contribution in [0.1, 0.15) is 42.3 Å². The van der Waals surface area contributed by atoms with Crippen molar-refractivity contribution < 1.29 is 9.53 Å². The summed E-state index contributed by atoms with van der Waals surface area (Å²) in [6, 6.07) is 3.98. The van der Waals surface area contributed by atoms with Crippen molar-refractivity contribution in [3.63, 3.8) is 0 Å². The molecule has 118 valence electrons. The molecule has 21 heavy (non-hydrogen) atoms. The Balaban J connectivity index is 3.11. The molecular weight excluding hydrogens is 264 g/mol. The number of carbonyl (C=O) groups excluding carboxylic acids is 1. The highest BCUT2D eigenvalue weighted by Crippen LogP contribution is 2.35. The third-order valence-corrected chi connectivity index (χ3v) is 3.33. The summed E-state index contributed by atoms with van der Waals surface area (Å²) in [4.78, 5) is 14.5. The summed E-state index contributed by atoms with van der Waals surface area (Å²) in [6.45, 7) is 9.80. The number of carbonyl (C=O) groups is 1. The molecule has 0 fully saturated rings. The van der Waals surface area contributed by atoms with Gasteiger partial charge >= 0.3 is 0 Å². The van der Waals surface area contributed by atoms with Crippen molar-refractivity contribution in [3.05, 3.63) is 28.8 Å². The number of rotatable bonds is 5. The highest BCUT2D eigenvalue weighted by atomic mass is 16.5.